The number of nitrogens with one attached hydrogen (secondary N) is 3. The van der Waals surface area contributed by atoms with Crippen molar-refractivity contribution in [3.8, 4) is 0 Å². The van der Waals surface area contributed by atoms with E-state index in [0.717, 1.165) is 0 Å². The molecule has 27 heavy (non-hydrogen) atoms. The van der Waals surface area contributed by atoms with Crippen LogP contribution in [0.3, 0.4) is 0 Å². The number of benzene rings is 2. The summed E-state index contributed by atoms with van der Waals surface area (Å²) in [7, 11) is 0. The van der Waals surface area contributed by atoms with Crippen LogP contribution in [-0.4, -0.2) is 34.9 Å². The topological polar surface area (TPSA) is 104 Å². The zero-order chi connectivity index (χ0) is 19.4. The largest absolute Gasteiger partial charge is 0.350 e. The van der Waals surface area contributed by atoms with E-state index in [-0.39, 0.29) is 29.8 Å². The van der Waals surface area contributed by atoms with Crippen molar-refractivity contribution < 1.29 is 9.59 Å². The van der Waals surface area contributed by atoms with Gasteiger partial charge in [-0.1, -0.05) is 35.3 Å². The fourth-order valence-corrected chi connectivity index (χ4v) is 2.67. The third-order valence-electron chi connectivity index (χ3n) is 3.71. The smallest absolute Gasteiger partial charge is 0.287 e. The second-order valence-electron chi connectivity index (χ2n) is 5.57. The summed E-state index contributed by atoms with van der Waals surface area (Å²) in [5, 5.41) is 6.28. The van der Waals surface area contributed by atoms with Crippen LogP contribution in [0.15, 0.2) is 47.3 Å². The molecule has 0 bridgehead atoms. The third kappa shape index (κ3) is 4.45. The normalized spacial score (nSPS) is 10.6. The molecule has 0 aliphatic rings. The number of aromatic nitrogens is 2. The summed E-state index contributed by atoms with van der Waals surface area (Å²) < 4.78 is 0. The minimum absolute atomic E-state index is 0.0884. The Labute approximate surface area is 163 Å². The van der Waals surface area contributed by atoms with E-state index >= 15 is 0 Å². The van der Waals surface area contributed by atoms with Crippen molar-refractivity contribution >= 4 is 45.9 Å². The first-order valence-corrected chi connectivity index (χ1v) is 8.72. The molecule has 1 aromatic heterocycles. The van der Waals surface area contributed by atoms with Gasteiger partial charge in [0.25, 0.3) is 17.4 Å². The second kappa shape index (κ2) is 8.20. The van der Waals surface area contributed by atoms with E-state index in [1.165, 1.54) is 12.1 Å². The Morgan fingerprint density at radius 2 is 1.67 bits per heavy atom. The van der Waals surface area contributed by atoms with Crippen molar-refractivity contribution in [3.63, 3.8) is 0 Å². The molecule has 1 heterocycles. The van der Waals surface area contributed by atoms with Crippen LogP contribution in [0.4, 0.5) is 0 Å². The van der Waals surface area contributed by atoms with Crippen LogP contribution in [0.5, 0.6) is 0 Å². The number of carbonyl (C=O) groups excluding carboxylic acids is 2. The number of hydrogen-bond acceptors (Lipinski definition) is 4. The lowest BCUT2D eigenvalue weighted by Crippen LogP contribution is -2.36. The number of amides is 2. The van der Waals surface area contributed by atoms with Crippen molar-refractivity contribution in [2.24, 2.45) is 0 Å². The summed E-state index contributed by atoms with van der Waals surface area (Å²) in [6, 6.07) is 11.3. The lowest BCUT2D eigenvalue weighted by Gasteiger charge is -2.08. The van der Waals surface area contributed by atoms with Gasteiger partial charge in [0.15, 0.2) is 5.82 Å². The summed E-state index contributed by atoms with van der Waals surface area (Å²) >= 11 is 11.7. The maximum absolute atomic E-state index is 12.1. The van der Waals surface area contributed by atoms with Crippen LogP contribution in [0.25, 0.3) is 10.9 Å². The number of halogens is 2. The second-order valence-corrected chi connectivity index (χ2v) is 6.39. The molecule has 9 heteroatoms. The SMILES string of the molecule is O=C(NCCNC(=O)c1nc2ccccc2c(=O)[nH]1)c1ccc(Cl)c(Cl)c1. The minimum atomic E-state index is -0.540. The highest BCUT2D eigenvalue weighted by Gasteiger charge is 2.11. The van der Waals surface area contributed by atoms with Gasteiger partial charge in [-0.15, -0.1) is 0 Å². The molecule has 0 spiro atoms. The molecule has 3 aromatic rings. The van der Waals surface area contributed by atoms with Gasteiger partial charge >= 0.3 is 0 Å². The van der Waals surface area contributed by atoms with E-state index in [1.54, 1.807) is 30.3 Å². The van der Waals surface area contributed by atoms with Gasteiger partial charge in [-0.3, -0.25) is 14.4 Å². The molecule has 138 valence electrons. The van der Waals surface area contributed by atoms with Gasteiger partial charge < -0.3 is 15.6 Å². The summed E-state index contributed by atoms with van der Waals surface area (Å²) in [5.74, 6) is -0.976. The Kier molecular flexibility index (Phi) is 5.73. The molecule has 0 aliphatic carbocycles. The molecule has 0 unspecified atom stereocenters. The monoisotopic (exact) mass is 404 g/mol. The number of hydrogen-bond donors (Lipinski definition) is 3. The number of rotatable bonds is 5. The van der Waals surface area contributed by atoms with Crippen molar-refractivity contribution in [1.29, 1.82) is 0 Å². The van der Waals surface area contributed by atoms with Gasteiger partial charge in [-0.2, -0.15) is 0 Å². The molecule has 0 fully saturated rings. The number of carbonyl (C=O) groups is 2. The number of para-hydroxylation sites is 1. The Morgan fingerprint density at radius 3 is 2.41 bits per heavy atom. The Bertz CT molecular complexity index is 1080. The highest BCUT2D eigenvalue weighted by Crippen LogP contribution is 2.22. The molecule has 2 amide bonds. The van der Waals surface area contributed by atoms with Crippen molar-refractivity contribution in [2.75, 3.05) is 13.1 Å². The molecular weight excluding hydrogens is 391 g/mol. The number of nitrogens with zero attached hydrogens (tertiary/aromatic N) is 1. The van der Waals surface area contributed by atoms with E-state index in [9.17, 15) is 14.4 Å². The van der Waals surface area contributed by atoms with Gasteiger partial charge in [0.1, 0.15) is 0 Å². The first-order valence-electron chi connectivity index (χ1n) is 7.96. The van der Waals surface area contributed by atoms with Crippen LogP contribution in [0.2, 0.25) is 10.0 Å². The summed E-state index contributed by atoms with van der Waals surface area (Å²) in [6.07, 6.45) is 0. The van der Waals surface area contributed by atoms with E-state index in [1.807, 2.05) is 0 Å². The molecule has 3 N–H and O–H groups in total. The summed E-state index contributed by atoms with van der Waals surface area (Å²) in [5.41, 5.74) is 0.397. The molecular formula is C18H14Cl2N4O3. The van der Waals surface area contributed by atoms with E-state index in [2.05, 4.69) is 20.6 Å². The van der Waals surface area contributed by atoms with Gasteiger partial charge in [0.05, 0.1) is 20.9 Å². The van der Waals surface area contributed by atoms with Gasteiger partial charge in [0, 0.05) is 18.7 Å². The quantitative estimate of drug-likeness (QED) is 0.567. The predicted molar refractivity (Wildman–Crippen MR) is 103 cm³/mol. The van der Waals surface area contributed by atoms with Crippen LogP contribution in [0, 0.1) is 0 Å². The number of aromatic amines is 1. The van der Waals surface area contributed by atoms with Crippen molar-refractivity contribution in [1.82, 2.24) is 20.6 Å². The first-order chi connectivity index (χ1) is 13.0. The van der Waals surface area contributed by atoms with Gasteiger partial charge in [0.2, 0.25) is 0 Å². The first kappa shape index (κ1) is 18.9. The zero-order valence-electron chi connectivity index (χ0n) is 13.9. The summed E-state index contributed by atoms with van der Waals surface area (Å²) in [4.78, 5) is 42.7. The Morgan fingerprint density at radius 1 is 0.963 bits per heavy atom. The molecule has 0 aliphatic heterocycles. The standard InChI is InChI=1S/C18H14Cl2N4O3/c19-12-6-5-10(9-13(12)20)16(25)21-7-8-22-18(27)15-23-14-4-2-1-3-11(14)17(26)24-15/h1-6,9H,7-8H2,(H,21,25)(H,22,27)(H,23,24,26). The van der Waals surface area contributed by atoms with Crippen LogP contribution in [0.1, 0.15) is 21.0 Å². The molecule has 7 nitrogen and oxygen atoms in total. The molecule has 0 atom stereocenters. The molecule has 0 radical (unpaired) electrons. The molecule has 0 saturated carbocycles. The Balaban J connectivity index is 1.56. The van der Waals surface area contributed by atoms with Crippen molar-refractivity contribution in [2.45, 2.75) is 0 Å². The molecule has 0 saturated heterocycles. The Hall–Kier alpha value is -2.90. The lowest BCUT2D eigenvalue weighted by molar-refractivity contribution is 0.0922. The van der Waals surface area contributed by atoms with E-state index in [0.29, 0.717) is 21.5 Å². The predicted octanol–water partition coefficient (Wildman–Crippen LogP) is 2.39. The van der Waals surface area contributed by atoms with Crippen LogP contribution < -0.4 is 16.2 Å². The highest BCUT2D eigenvalue weighted by atomic mass is 35.5. The fourth-order valence-electron chi connectivity index (χ4n) is 2.37. The third-order valence-corrected chi connectivity index (χ3v) is 4.44. The van der Waals surface area contributed by atoms with Crippen LogP contribution in [-0.2, 0) is 0 Å². The number of fused-ring (bicyclic) bond motifs is 1. The summed E-state index contributed by atoms with van der Waals surface area (Å²) in [6.45, 7) is 0.338. The van der Waals surface area contributed by atoms with E-state index < -0.39 is 11.5 Å². The lowest BCUT2D eigenvalue weighted by atomic mass is 10.2. The highest BCUT2D eigenvalue weighted by molar-refractivity contribution is 6.42. The van der Waals surface area contributed by atoms with Gasteiger partial charge in [-0.25, -0.2) is 4.98 Å². The van der Waals surface area contributed by atoms with Gasteiger partial charge in [-0.05, 0) is 30.3 Å². The van der Waals surface area contributed by atoms with Crippen molar-refractivity contribution in [3.05, 3.63) is 74.3 Å². The van der Waals surface area contributed by atoms with Crippen LogP contribution >= 0.6 is 23.2 Å². The maximum Gasteiger partial charge on any atom is 0.287 e. The minimum Gasteiger partial charge on any atom is -0.350 e. The average molecular weight is 405 g/mol. The maximum atomic E-state index is 12.1. The number of H-pyrrole nitrogens is 1. The zero-order valence-corrected chi connectivity index (χ0v) is 15.4. The fraction of sp³-hybridized carbons (Fsp3) is 0.111. The average Bonchev–Trinajstić information content (AvgIpc) is 2.67. The van der Waals surface area contributed by atoms with E-state index in [4.69, 9.17) is 23.2 Å². The molecule has 3 rings (SSSR count). The molecule has 2 aromatic carbocycles.